The number of sulfonamides is 1. The van der Waals surface area contributed by atoms with Gasteiger partial charge in [0.2, 0.25) is 10.0 Å². The van der Waals surface area contributed by atoms with Crippen LogP contribution >= 0.6 is 0 Å². The average Bonchev–Trinajstić information content (AvgIpc) is 2.84. The van der Waals surface area contributed by atoms with E-state index in [9.17, 15) is 8.42 Å². The molecule has 1 aliphatic rings. The Morgan fingerprint density at radius 1 is 0.882 bits per heavy atom. The smallest absolute Gasteiger partial charge is 0.229 e. The van der Waals surface area contributed by atoms with Gasteiger partial charge in [0.1, 0.15) is 6.10 Å². The number of hydrogen-bond donors (Lipinski definition) is 1. The quantitative estimate of drug-likeness (QED) is 0.420. The Morgan fingerprint density at radius 3 is 1.97 bits per heavy atom. The molecule has 0 atom stereocenters. The molecule has 0 amide bonds. The minimum Gasteiger partial charge on any atom is -0.369 e. The van der Waals surface area contributed by atoms with Crippen LogP contribution < -0.4 is 4.72 Å². The van der Waals surface area contributed by atoms with E-state index in [4.69, 9.17) is 4.74 Å². The van der Waals surface area contributed by atoms with Crippen molar-refractivity contribution in [3.05, 3.63) is 102 Å². The fourth-order valence-electron chi connectivity index (χ4n) is 4.58. The lowest BCUT2D eigenvalue weighted by Crippen LogP contribution is -2.33. The lowest BCUT2D eigenvalue weighted by atomic mass is 9.93. The second-order valence-electron chi connectivity index (χ2n) is 9.15. The summed E-state index contributed by atoms with van der Waals surface area (Å²) in [5, 5.41) is 0. The average molecular weight is 479 g/mol. The molecule has 4 rings (SSSR count). The van der Waals surface area contributed by atoms with Gasteiger partial charge in [-0.1, -0.05) is 72.8 Å². The molecule has 1 heterocycles. The van der Waals surface area contributed by atoms with E-state index in [0.717, 1.165) is 32.7 Å². The first-order chi connectivity index (χ1) is 16.5. The summed E-state index contributed by atoms with van der Waals surface area (Å²) in [5.74, 6) is 0.685. The van der Waals surface area contributed by atoms with Crippen LogP contribution in [-0.4, -0.2) is 39.3 Å². The summed E-state index contributed by atoms with van der Waals surface area (Å²) < 4.78 is 31.7. The molecule has 0 unspecified atom stereocenters. The van der Waals surface area contributed by atoms with Gasteiger partial charge in [-0.25, -0.2) is 8.42 Å². The van der Waals surface area contributed by atoms with Crippen molar-refractivity contribution in [3.8, 4) is 0 Å². The van der Waals surface area contributed by atoms with Gasteiger partial charge in [-0.3, -0.25) is 9.62 Å². The second kappa shape index (κ2) is 11.6. The Kier molecular flexibility index (Phi) is 8.38. The maximum Gasteiger partial charge on any atom is 0.229 e. The number of benzene rings is 3. The lowest BCUT2D eigenvalue weighted by molar-refractivity contribution is 0.0596. The number of rotatable bonds is 10. The number of anilines is 1. The Bertz CT molecular complexity index is 1070. The van der Waals surface area contributed by atoms with E-state index in [2.05, 4.69) is 58.2 Å². The van der Waals surface area contributed by atoms with Crippen LogP contribution in [0.1, 0.15) is 42.1 Å². The summed E-state index contributed by atoms with van der Waals surface area (Å²) in [6.45, 7) is 3.81. The normalized spacial score (nSPS) is 15.5. The van der Waals surface area contributed by atoms with Crippen molar-refractivity contribution in [3.63, 3.8) is 0 Å². The SMILES string of the molecule is CS(=O)(=O)Nc1ccc(CN2CCC(CCOC(c3ccccc3)c3ccccc3)CC2)cc1. The topological polar surface area (TPSA) is 58.6 Å². The summed E-state index contributed by atoms with van der Waals surface area (Å²) in [5.41, 5.74) is 4.20. The summed E-state index contributed by atoms with van der Waals surface area (Å²) in [6.07, 6.45) is 4.58. The molecule has 0 bridgehead atoms. The molecule has 34 heavy (non-hydrogen) atoms. The molecule has 1 N–H and O–H groups in total. The van der Waals surface area contributed by atoms with Crippen LogP contribution in [0.25, 0.3) is 0 Å². The third kappa shape index (κ3) is 7.42. The van der Waals surface area contributed by atoms with Crippen molar-refractivity contribution < 1.29 is 13.2 Å². The van der Waals surface area contributed by atoms with E-state index >= 15 is 0 Å². The summed E-state index contributed by atoms with van der Waals surface area (Å²) in [4.78, 5) is 2.48. The van der Waals surface area contributed by atoms with E-state index in [1.54, 1.807) is 0 Å². The van der Waals surface area contributed by atoms with Gasteiger partial charge in [0.25, 0.3) is 0 Å². The fourth-order valence-corrected chi connectivity index (χ4v) is 5.14. The molecule has 5 nitrogen and oxygen atoms in total. The molecule has 180 valence electrons. The highest BCUT2D eigenvalue weighted by Crippen LogP contribution is 2.28. The molecule has 3 aromatic rings. The van der Waals surface area contributed by atoms with E-state index in [-0.39, 0.29) is 6.10 Å². The van der Waals surface area contributed by atoms with Gasteiger partial charge in [-0.05, 0) is 67.1 Å². The third-order valence-electron chi connectivity index (χ3n) is 6.39. The molecule has 0 saturated carbocycles. The monoisotopic (exact) mass is 478 g/mol. The van der Waals surface area contributed by atoms with E-state index in [0.29, 0.717) is 11.6 Å². The van der Waals surface area contributed by atoms with E-state index in [1.807, 2.05) is 36.4 Å². The summed E-state index contributed by atoms with van der Waals surface area (Å²) in [7, 11) is -3.24. The van der Waals surface area contributed by atoms with Crippen LogP contribution in [-0.2, 0) is 21.3 Å². The standard InChI is InChI=1S/C28H34N2O3S/c1-34(31,32)29-27-14-12-24(13-15-27)22-30-19-16-23(17-20-30)18-21-33-28(25-8-4-2-5-9-25)26-10-6-3-7-11-26/h2-15,23,28-29H,16-22H2,1H3. The molecule has 0 spiro atoms. The number of nitrogens with one attached hydrogen (secondary N) is 1. The minimum absolute atomic E-state index is 0.0253. The number of ether oxygens (including phenoxy) is 1. The van der Waals surface area contributed by atoms with Crippen molar-refractivity contribution in [2.45, 2.75) is 31.9 Å². The van der Waals surface area contributed by atoms with E-state index < -0.39 is 10.0 Å². The third-order valence-corrected chi connectivity index (χ3v) is 6.99. The van der Waals surface area contributed by atoms with Gasteiger partial charge < -0.3 is 4.74 Å². The van der Waals surface area contributed by atoms with Gasteiger partial charge in [-0.15, -0.1) is 0 Å². The Labute approximate surface area is 203 Å². The van der Waals surface area contributed by atoms with Crippen molar-refractivity contribution in [2.24, 2.45) is 5.92 Å². The lowest BCUT2D eigenvalue weighted by Gasteiger charge is -2.32. The number of nitrogens with zero attached hydrogens (tertiary/aromatic N) is 1. The van der Waals surface area contributed by atoms with Gasteiger partial charge in [-0.2, -0.15) is 0 Å². The van der Waals surface area contributed by atoms with Gasteiger partial charge in [0.05, 0.1) is 6.26 Å². The van der Waals surface area contributed by atoms with Crippen LogP contribution in [0.3, 0.4) is 0 Å². The molecule has 6 heteroatoms. The Hall–Kier alpha value is -2.67. The van der Waals surface area contributed by atoms with Crippen molar-refractivity contribution in [1.29, 1.82) is 0 Å². The van der Waals surface area contributed by atoms with Crippen LogP contribution in [0.4, 0.5) is 5.69 Å². The number of likely N-dealkylation sites (tertiary alicyclic amines) is 1. The predicted molar refractivity (Wildman–Crippen MR) is 138 cm³/mol. The van der Waals surface area contributed by atoms with Crippen molar-refractivity contribution in [2.75, 3.05) is 30.7 Å². The zero-order valence-electron chi connectivity index (χ0n) is 19.8. The number of piperidine rings is 1. The molecule has 1 fully saturated rings. The molecule has 1 aliphatic heterocycles. The van der Waals surface area contributed by atoms with Gasteiger partial charge >= 0.3 is 0 Å². The van der Waals surface area contributed by atoms with E-state index in [1.165, 1.54) is 35.8 Å². The Morgan fingerprint density at radius 2 is 1.44 bits per heavy atom. The van der Waals surface area contributed by atoms with Crippen LogP contribution in [0.2, 0.25) is 0 Å². The molecule has 3 aromatic carbocycles. The minimum atomic E-state index is -3.24. The molecular formula is C28H34N2O3S. The summed E-state index contributed by atoms with van der Waals surface area (Å²) >= 11 is 0. The van der Waals surface area contributed by atoms with Crippen LogP contribution in [0, 0.1) is 5.92 Å². The largest absolute Gasteiger partial charge is 0.369 e. The molecular weight excluding hydrogens is 444 g/mol. The molecule has 0 aliphatic carbocycles. The van der Waals surface area contributed by atoms with Gasteiger partial charge in [0, 0.05) is 18.8 Å². The highest BCUT2D eigenvalue weighted by Gasteiger charge is 2.21. The maximum atomic E-state index is 11.4. The number of hydrogen-bond acceptors (Lipinski definition) is 4. The molecule has 1 saturated heterocycles. The highest BCUT2D eigenvalue weighted by atomic mass is 32.2. The molecule has 0 radical (unpaired) electrons. The Balaban J connectivity index is 1.23. The second-order valence-corrected chi connectivity index (χ2v) is 10.9. The maximum absolute atomic E-state index is 11.4. The zero-order chi connectivity index (χ0) is 23.8. The first kappa shape index (κ1) is 24.5. The van der Waals surface area contributed by atoms with Crippen molar-refractivity contribution >= 4 is 15.7 Å². The zero-order valence-corrected chi connectivity index (χ0v) is 20.6. The van der Waals surface area contributed by atoms with Gasteiger partial charge in [0.15, 0.2) is 0 Å². The first-order valence-corrected chi connectivity index (χ1v) is 13.9. The predicted octanol–water partition coefficient (Wildman–Crippen LogP) is 5.47. The van der Waals surface area contributed by atoms with Crippen molar-refractivity contribution in [1.82, 2.24) is 4.90 Å². The fraction of sp³-hybridized carbons (Fsp3) is 0.357. The van der Waals surface area contributed by atoms with Crippen LogP contribution in [0.15, 0.2) is 84.9 Å². The van der Waals surface area contributed by atoms with Crippen LogP contribution in [0.5, 0.6) is 0 Å². The summed E-state index contributed by atoms with van der Waals surface area (Å²) in [6, 6.07) is 28.6. The molecule has 0 aromatic heterocycles. The highest BCUT2D eigenvalue weighted by molar-refractivity contribution is 7.92. The first-order valence-electron chi connectivity index (χ1n) is 12.0.